The van der Waals surface area contributed by atoms with Crippen LogP contribution < -0.4 is 16.0 Å². The molecule has 4 amide bonds. The fourth-order valence-corrected chi connectivity index (χ4v) is 7.35. The summed E-state index contributed by atoms with van der Waals surface area (Å²) in [4.78, 5) is 73.1. The second kappa shape index (κ2) is 16.7. The summed E-state index contributed by atoms with van der Waals surface area (Å²) in [5, 5.41) is 13.8. The summed E-state index contributed by atoms with van der Waals surface area (Å²) in [5.74, 6) is -0.338. The van der Waals surface area contributed by atoms with Crippen LogP contribution in [-0.2, 0) is 11.2 Å². The van der Waals surface area contributed by atoms with E-state index in [1.807, 2.05) is 37.3 Å². The number of amides is 4. The van der Waals surface area contributed by atoms with Crippen molar-refractivity contribution in [3.63, 3.8) is 0 Å². The Balaban J connectivity index is 1.42. The second-order valence-corrected chi connectivity index (χ2v) is 14.3. The van der Waals surface area contributed by atoms with Crippen LogP contribution in [0.1, 0.15) is 110 Å². The van der Waals surface area contributed by atoms with E-state index in [4.69, 9.17) is 0 Å². The van der Waals surface area contributed by atoms with Crippen molar-refractivity contribution in [2.24, 2.45) is 5.92 Å². The molecule has 0 saturated heterocycles. The van der Waals surface area contributed by atoms with Crippen LogP contribution in [0.5, 0.6) is 0 Å². The normalized spacial score (nSPS) is 18.3. The smallest absolute Gasteiger partial charge is 0.272 e. The summed E-state index contributed by atoms with van der Waals surface area (Å²) >= 11 is 2.64. The lowest BCUT2D eigenvalue weighted by Gasteiger charge is -2.23. The molecule has 4 bridgehead atoms. The van der Waals surface area contributed by atoms with Crippen LogP contribution in [0.2, 0.25) is 0 Å². The van der Waals surface area contributed by atoms with E-state index in [9.17, 15) is 19.2 Å². The van der Waals surface area contributed by atoms with Gasteiger partial charge in [0.1, 0.15) is 32.9 Å². The summed E-state index contributed by atoms with van der Waals surface area (Å²) < 4.78 is 0. The highest BCUT2D eigenvalue weighted by Gasteiger charge is 2.26. The molecule has 0 saturated carbocycles. The molecule has 14 heteroatoms. The second-order valence-electron chi connectivity index (χ2n) is 12.6. The maximum Gasteiger partial charge on any atom is 0.272 e. The molecular formula is C35H42N8O4S2. The number of fused-ring (bicyclic) bond motifs is 4. The van der Waals surface area contributed by atoms with Crippen molar-refractivity contribution >= 4 is 46.3 Å². The molecule has 2 atom stereocenters. The zero-order valence-electron chi connectivity index (χ0n) is 28.2. The van der Waals surface area contributed by atoms with Gasteiger partial charge in [0.25, 0.3) is 17.7 Å². The van der Waals surface area contributed by atoms with E-state index in [1.165, 1.54) is 22.7 Å². The van der Waals surface area contributed by atoms with Gasteiger partial charge < -0.3 is 20.9 Å². The van der Waals surface area contributed by atoms with Gasteiger partial charge >= 0.3 is 0 Å². The first kappa shape index (κ1) is 35.7. The van der Waals surface area contributed by atoms with E-state index in [0.717, 1.165) is 5.56 Å². The number of nitrogens with one attached hydrogen (secondary N) is 3. The highest BCUT2D eigenvalue weighted by molar-refractivity contribution is 7.10. The molecule has 4 aromatic rings. The molecule has 1 aromatic carbocycles. The predicted molar refractivity (Wildman–Crippen MR) is 189 cm³/mol. The molecule has 0 unspecified atom stereocenters. The lowest BCUT2D eigenvalue weighted by molar-refractivity contribution is -0.122. The van der Waals surface area contributed by atoms with E-state index in [1.54, 1.807) is 28.7 Å². The third kappa shape index (κ3) is 9.98. The Kier molecular flexibility index (Phi) is 12.2. The Hall–Kier alpha value is -4.56. The van der Waals surface area contributed by atoms with Crippen molar-refractivity contribution in [3.8, 4) is 0 Å². The third-order valence-corrected chi connectivity index (χ3v) is 9.85. The molecule has 0 aliphatic carbocycles. The van der Waals surface area contributed by atoms with Crippen molar-refractivity contribution in [1.82, 2.24) is 40.8 Å². The van der Waals surface area contributed by atoms with E-state index in [0.29, 0.717) is 72.5 Å². The minimum atomic E-state index is -0.500. The predicted octanol–water partition coefficient (Wildman–Crippen LogP) is 4.98. The van der Waals surface area contributed by atoms with Crippen LogP contribution in [0.3, 0.4) is 0 Å². The van der Waals surface area contributed by atoms with Gasteiger partial charge in [0.2, 0.25) is 5.91 Å². The van der Waals surface area contributed by atoms with Gasteiger partial charge in [-0.05, 0) is 57.1 Å². The van der Waals surface area contributed by atoms with Gasteiger partial charge in [-0.3, -0.25) is 19.2 Å². The molecular weight excluding hydrogens is 661 g/mol. The fraction of sp³-hybridized carbons (Fsp3) is 0.429. The molecule has 0 radical (unpaired) electrons. The van der Waals surface area contributed by atoms with Crippen LogP contribution >= 0.6 is 22.7 Å². The van der Waals surface area contributed by atoms with Crippen LogP contribution in [0.4, 0.5) is 0 Å². The number of carbonyl (C=O) groups excluding carboxylic acids is 4. The van der Waals surface area contributed by atoms with Gasteiger partial charge in [-0.1, -0.05) is 44.2 Å². The molecule has 0 spiro atoms. The highest BCUT2D eigenvalue weighted by Crippen LogP contribution is 2.27. The molecule has 0 fully saturated rings. The summed E-state index contributed by atoms with van der Waals surface area (Å²) in [6.45, 7) is 8.70. The molecule has 3 N–H and O–H groups in total. The van der Waals surface area contributed by atoms with E-state index >= 15 is 0 Å². The van der Waals surface area contributed by atoms with Crippen LogP contribution in [0.25, 0.3) is 0 Å². The average molecular weight is 703 g/mol. The molecule has 5 rings (SSSR count). The number of hydrogen-bond donors (Lipinski definition) is 3. The number of thiazole rings is 2. The average Bonchev–Trinajstić information content (AvgIpc) is 3.76. The number of aryl methyl sites for hydroxylation is 2. The molecule has 1 aliphatic rings. The molecule has 258 valence electrons. The Morgan fingerprint density at radius 1 is 0.878 bits per heavy atom. The van der Waals surface area contributed by atoms with Crippen molar-refractivity contribution < 1.29 is 19.2 Å². The molecule has 1 aliphatic heterocycles. The fourth-order valence-electron chi connectivity index (χ4n) is 5.64. The van der Waals surface area contributed by atoms with Crippen LogP contribution in [0, 0.1) is 19.8 Å². The van der Waals surface area contributed by atoms with Gasteiger partial charge in [-0.15, -0.1) is 22.7 Å². The van der Waals surface area contributed by atoms with Crippen LogP contribution in [0.15, 0.2) is 47.2 Å². The number of benzene rings is 1. The first-order valence-electron chi connectivity index (χ1n) is 16.5. The lowest BCUT2D eigenvalue weighted by Crippen LogP contribution is -2.36. The van der Waals surface area contributed by atoms with Crippen LogP contribution in [-0.4, -0.2) is 68.1 Å². The van der Waals surface area contributed by atoms with Crippen molar-refractivity contribution in [3.05, 3.63) is 91.3 Å². The van der Waals surface area contributed by atoms with E-state index in [2.05, 4.69) is 49.7 Å². The number of carbonyl (C=O) groups is 4. The Morgan fingerprint density at radius 2 is 1.55 bits per heavy atom. The molecule has 12 nitrogen and oxygen atoms in total. The molecule has 3 aromatic heterocycles. The Morgan fingerprint density at radius 3 is 2.24 bits per heavy atom. The van der Waals surface area contributed by atoms with Crippen molar-refractivity contribution in [1.29, 1.82) is 0 Å². The third-order valence-electron chi connectivity index (χ3n) is 7.93. The Labute approximate surface area is 294 Å². The maximum absolute atomic E-state index is 13.6. The maximum atomic E-state index is 13.6. The Bertz CT molecular complexity index is 1750. The standard InChI is InChI=1S/C35H42N8O4S2/c1-21(2)16-25-33-42-29(20-49-33)32(46)40-26(18-24-10-6-5-7-11-24)34-41-28(19-48-34)31(45)36-13-9-15-43(14-8-12-30(44)39-25)35(47)27-17-22(3)37-23(4)38-27/h5-7,10-11,17,19-21,25-26H,8-9,12-16,18H2,1-4H3,(H,36,45)(H,39,44)(H,40,46)/t25-,26-/m0/s1. The van der Waals surface area contributed by atoms with Gasteiger partial charge in [-0.2, -0.15) is 0 Å². The largest absolute Gasteiger partial charge is 0.351 e. The lowest BCUT2D eigenvalue weighted by atomic mass is 10.0. The summed E-state index contributed by atoms with van der Waals surface area (Å²) in [6, 6.07) is 10.6. The zero-order valence-corrected chi connectivity index (χ0v) is 29.8. The monoisotopic (exact) mass is 702 g/mol. The van der Waals surface area contributed by atoms with Gasteiger partial charge in [0.15, 0.2) is 0 Å². The minimum absolute atomic E-state index is 0.159. The highest BCUT2D eigenvalue weighted by atomic mass is 32.1. The number of aromatic nitrogens is 4. The minimum Gasteiger partial charge on any atom is -0.351 e. The number of rotatable bonds is 5. The molecule has 4 heterocycles. The van der Waals surface area contributed by atoms with E-state index < -0.39 is 6.04 Å². The van der Waals surface area contributed by atoms with Crippen molar-refractivity contribution in [2.75, 3.05) is 19.6 Å². The number of nitrogens with zero attached hydrogens (tertiary/aromatic N) is 5. The first-order valence-corrected chi connectivity index (χ1v) is 18.3. The molecule has 49 heavy (non-hydrogen) atoms. The number of hydrogen-bond acceptors (Lipinski definition) is 10. The summed E-state index contributed by atoms with van der Waals surface area (Å²) in [7, 11) is 0. The van der Waals surface area contributed by atoms with Gasteiger partial charge in [-0.25, -0.2) is 19.9 Å². The topological polar surface area (TPSA) is 159 Å². The SMILES string of the molecule is Cc1cc(C(=O)N2CCCNC(=O)c3csc(n3)[C@H](Cc3ccccc3)NC(=O)c3csc(n3)[C@H](CC(C)C)NC(=O)CCC2)nc(C)n1. The van der Waals surface area contributed by atoms with E-state index in [-0.39, 0.29) is 53.4 Å². The quantitative estimate of drug-likeness (QED) is 0.263. The van der Waals surface area contributed by atoms with Crippen molar-refractivity contribution in [2.45, 2.75) is 71.9 Å². The van der Waals surface area contributed by atoms with Gasteiger partial charge in [0, 0.05) is 42.5 Å². The summed E-state index contributed by atoms with van der Waals surface area (Å²) in [5.41, 5.74) is 2.51. The van der Waals surface area contributed by atoms with Gasteiger partial charge in [0.05, 0.1) is 12.1 Å². The first-order chi connectivity index (χ1) is 23.5. The zero-order chi connectivity index (χ0) is 34.9. The summed E-state index contributed by atoms with van der Waals surface area (Å²) in [6.07, 6.45) is 2.23.